The van der Waals surface area contributed by atoms with Crippen LogP contribution in [0.15, 0.2) is 104 Å². The Bertz CT molecular complexity index is 2210. The van der Waals surface area contributed by atoms with Gasteiger partial charge in [-0.1, -0.05) is 79.3 Å². The zero-order valence-corrected chi connectivity index (χ0v) is 28.5. The highest BCUT2D eigenvalue weighted by atomic mass is 79.9. The number of thiazole rings is 1. The number of halogens is 2. The molecule has 1 unspecified atom stereocenters. The Morgan fingerprint density at radius 3 is 2.55 bits per heavy atom. The Morgan fingerprint density at radius 2 is 1.81 bits per heavy atom. The summed E-state index contributed by atoms with van der Waals surface area (Å²) in [5.41, 5.74) is 2.54. The second kappa shape index (κ2) is 14.1. The van der Waals surface area contributed by atoms with Crippen molar-refractivity contribution in [3.05, 3.63) is 137 Å². The summed E-state index contributed by atoms with van der Waals surface area (Å²) in [6.45, 7) is 4.04. The van der Waals surface area contributed by atoms with Crippen LogP contribution in [0, 0.1) is 5.82 Å². The van der Waals surface area contributed by atoms with Crippen molar-refractivity contribution in [1.82, 2.24) is 4.57 Å². The molecular formula is C37H32BrFN2O5S. The van der Waals surface area contributed by atoms with E-state index in [2.05, 4.69) is 15.9 Å². The van der Waals surface area contributed by atoms with Crippen molar-refractivity contribution in [3.63, 3.8) is 0 Å². The minimum absolute atomic E-state index is 0.0732. The van der Waals surface area contributed by atoms with Crippen molar-refractivity contribution >= 4 is 50.1 Å². The smallest absolute Gasteiger partial charge is 0.338 e. The van der Waals surface area contributed by atoms with E-state index < -0.39 is 12.0 Å². The fourth-order valence-corrected chi connectivity index (χ4v) is 7.31. The molecule has 47 heavy (non-hydrogen) atoms. The largest absolute Gasteiger partial charge is 0.496 e. The molecule has 1 aromatic heterocycles. The fourth-order valence-electron chi connectivity index (χ4n) is 5.78. The maximum absolute atomic E-state index is 14.4. The summed E-state index contributed by atoms with van der Waals surface area (Å²) < 4.78 is 34.1. The molecule has 0 spiro atoms. The van der Waals surface area contributed by atoms with Crippen LogP contribution in [0.3, 0.4) is 0 Å². The summed E-state index contributed by atoms with van der Waals surface area (Å²) in [6, 6.07) is 22.8. The highest BCUT2D eigenvalue weighted by Gasteiger charge is 2.37. The number of nitrogens with zero attached hydrogens (tertiary/aromatic N) is 2. The Morgan fingerprint density at radius 1 is 1.04 bits per heavy atom. The number of esters is 1. The van der Waals surface area contributed by atoms with Crippen LogP contribution < -0.4 is 24.4 Å². The molecule has 0 N–H and O–H groups in total. The highest BCUT2D eigenvalue weighted by Crippen LogP contribution is 2.41. The van der Waals surface area contributed by atoms with Crippen LogP contribution in [0.2, 0.25) is 0 Å². The van der Waals surface area contributed by atoms with Crippen molar-refractivity contribution in [3.8, 4) is 11.5 Å². The van der Waals surface area contributed by atoms with Gasteiger partial charge in [-0.25, -0.2) is 14.2 Å². The van der Waals surface area contributed by atoms with E-state index in [1.54, 1.807) is 48.9 Å². The molecule has 1 aliphatic heterocycles. The minimum atomic E-state index is -0.823. The Hall–Kier alpha value is -4.54. The van der Waals surface area contributed by atoms with Gasteiger partial charge in [-0.05, 0) is 76.0 Å². The van der Waals surface area contributed by atoms with Crippen LogP contribution in [-0.4, -0.2) is 24.3 Å². The first-order valence-electron chi connectivity index (χ1n) is 15.3. The van der Waals surface area contributed by atoms with Crippen LogP contribution in [0.1, 0.15) is 49.4 Å². The first-order valence-corrected chi connectivity index (χ1v) is 16.9. The quantitative estimate of drug-likeness (QED) is 0.143. The number of carbonyl (C=O) groups is 1. The van der Waals surface area contributed by atoms with E-state index in [1.807, 2.05) is 55.5 Å². The molecule has 0 amide bonds. The zero-order chi connectivity index (χ0) is 33.1. The number of methoxy groups -OCH3 is 1. The lowest BCUT2D eigenvalue weighted by molar-refractivity contribution is -0.139. The number of fused-ring (bicyclic) bond motifs is 2. The summed E-state index contributed by atoms with van der Waals surface area (Å²) in [5.74, 6) is 0.253. The molecule has 0 radical (unpaired) electrons. The maximum Gasteiger partial charge on any atom is 0.338 e. The third-order valence-corrected chi connectivity index (χ3v) is 9.51. The molecular weight excluding hydrogens is 683 g/mol. The molecule has 0 saturated carbocycles. The van der Waals surface area contributed by atoms with E-state index in [-0.39, 0.29) is 24.6 Å². The molecule has 1 atom stereocenters. The van der Waals surface area contributed by atoms with Crippen molar-refractivity contribution in [2.75, 3.05) is 13.7 Å². The average molecular weight is 716 g/mol. The highest BCUT2D eigenvalue weighted by molar-refractivity contribution is 9.10. The number of benzene rings is 4. The lowest BCUT2D eigenvalue weighted by atomic mass is 9.90. The van der Waals surface area contributed by atoms with E-state index in [9.17, 15) is 14.0 Å². The summed E-state index contributed by atoms with van der Waals surface area (Å²) in [7, 11) is 1.58. The molecule has 5 aromatic rings. The van der Waals surface area contributed by atoms with Gasteiger partial charge in [0.1, 0.15) is 30.0 Å². The number of rotatable bonds is 10. The lowest BCUT2D eigenvalue weighted by Crippen LogP contribution is -2.40. The van der Waals surface area contributed by atoms with E-state index in [4.69, 9.17) is 19.2 Å². The van der Waals surface area contributed by atoms with Gasteiger partial charge in [0.05, 0.1) is 34.0 Å². The predicted octanol–water partition coefficient (Wildman–Crippen LogP) is 7.22. The van der Waals surface area contributed by atoms with Gasteiger partial charge in [0.15, 0.2) is 4.80 Å². The van der Waals surface area contributed by atoms with E-state index >= 15 is 0 Å². The second-order valence-corrected chi connectivity index (χ2v) is 12.7. The molecule has 0 fully saturated rings. The Kier molecular flexibility index (Phi) is 9.70. The molecule has 240 valence electrons. The average Bonchev–Trinajstić information content (AvgIpc) is 3.38. The van der Waals surface area contributed by atoms with Crippen LogP contribution in [-0.2, 0) is 16.1 Å². The topological polar surface area (TPSA) is 79.1 Å². The first-order chi connectivity index (χ1) is 22.8. The van der Waals surface area contributed by atoms with Crippen molar-refractivity contribution < 1.29 is 23.4 Å². The standard InChI is InChI=1S/C37H32BrFN2O5S/c1-4-10-28-33(36(43)45-5-2)34(32-25-13-8-6-11-23(25)16-18-30(32)44-3)41-35(42)31(47-37(41)40-28)20-22-15-17-29(26(38)19-22)46-21-24-12-7-9-14-27(24)39/h6-9,11-20,34H,4-5,10,21H2,1-3H3. The van der Waals surface area contributed by atoms with Crippen molar-refractivity contribution in [2.24, 2.45) is 4.99 Å². The lowest BCUT2D eigenvalue weighted by Gasteiger charge is -2.28. The van der Waals surface area contributed by atoms with E-state index in [1.165, 1.54) is 17.4 Å². The SMILES string of the molecule is CCCC1=C(C(=O)OCC)C(c2c(OC)ccc3ccccc23)n2c(sc(=Cc3ccc(OCc4ccccc4F)c(Br)c3)c2=O)=N1. The molecule has 0 aliphatic carbocycles. The third kappa shape index (κ3) is 6.40. The van der Waals surface area contributed by atoms with Gasteiger partial charge in [0.2, 0.25) is 0 Å². The van der Waals surface area contributed by atoms with Gasteiger partial charge in [0, 0.05) is 11.1 Å². The van der Waals surface area contributed by atoms with Crippen LogP contribution >= 0.6 is 27.3 Å². The van der Waals surface area contributed by atoms with Crippen molar-refractivity contribution in [1.29, 1.82) is 0 Å². The molecule has 4 aromatic carbocycles. The maximum atomic E-state index is 14.4. The van der Waals surface area contributed by atoms with Gasteiger partial charge in [-0.15, -0.1) is 0 Å². The summed E-state index contributed by atoms with van der Waals surface area (Å²) >= 11 is 4.82. The summed E-state index contributed by atoms with van der Waals surface area (Å²) in [5, 5.41) is 1.81. The van der Waals surface area contributed by atoms with Gasteiger partial charge in [0.25, 0.3) is 5.56 Å². The van der Waals surface area contributed by atoms with Gasteiger partial charge in [-0.3, -0.25) is 9.36 Å². The molecule has 0 bridgehead atoms. The van der Waals surface area contributed by atoms with Gasteiger partial charge >= 0.3 is 5.97 Å². The molecule has 0 saturated heterocycles. The Labute approximate surface area is 283 Å². The van der Waals surface area contributed by atoms with Gasteiger partial charge in [-0.2, -0.15) is 0 Å². The molecule has 1 aliphatic rings. The molecule has 10 heteroatoms. The number of carbonyl (C=O) groups excluding carboxylic acids is 1. The zero-order valence-electron chi connectivity index (χ0n) is 26.1. The molecule has 7 nitrogen and oxygen atoms in total. The van der Waals surface area contributed by atoms with E-state index in [0.717, 1.165) is 22.8 Å². The predicted molar refractivity (Wildman–Crippen MR) is 185 cm³/mol. The third-order valence-electron chi connectivity index (χ3n) is 7.91. The monoisotopic (exact) mass is 714 g/mol. The fraction of sp³-hybridized carbons (Fsp3) is 0.216. The normalized spacial score (nSPS) is 14.6. The Balaban J connectivity index is 1.50. The number of hydrogen-bond donors (Lipinski definition) is 0. The van der Waals surface area contributed by atoms with E-state index in [0.29, 0.717) is 54.1 Å². The summed E-state index contributed by atoms with van der Waals surface area (Å²) in [4.78, 5) is 33.5. The summed E-state index contributed by atoms with van der Waals surface area (Å²) in [6.07, 6.45) is 3.07. The number of aromatic nitrogens is 1. The van der Waals surface area contributed by atoms with Crippen LogP contribution in [0.5, 0.6) is 11.5 Å². The number of allylic oxidation sites excluding steroid dienone is 1. The first kappa shape index (κ1) is 32.4. The van der Waals surface area contributed by atoms with Crippen molar-refractivity contribution in [2.45, 2.75) is 39.3 Å². The molecule has 6 rings (SSSR count). The molecule has 2 heterocycles. The van der Waals surface area contributed by atoms with Crippen LogP contribution in [0.25, 0.3) is 16.8 Å². The number of ether oxygens (including phenoxy) is 3. The minimum Gasteiger partial charge on any atom is -0.496 e. The van der Waals surface area contributed by atoms with Gasteiger partial charge < -0.3 is 14.2 Å². The van der Waals surface area contributed by atoms with Crippen LogP contribution in [0.4, 0.5) is 4.39 Å². The number of hydrogen-bond acceptors (Lipinski definition) is 7. The second-order valence-electron chi connectivity index (χ2n) is 10.9.